The Hall–Kier alpha value is -8.44. The van der Waals surface area contributed by atoms with E-state index in [0.717, 1.165) is 25.1 Å². The second-order valence-corrected chi connectivity index (χ2v) is 15.9. The molecule has 72 heavy (non-hydrogen) atoms. The molecule has 378 valence electrons. The van der Waals surface area contributed by atoms with E-state index in [1.807, 2.05) is 16.0 Å². The number of hydrogen-bond acceptors (Lipinski definition) is 8. The lowest BCUT2D eigenvalue weighted by Crippen LogP contribution is -2.54. The minimum atomic E-state index is -6.28. The van der Waals surface area contributed by atoms with Crippen LogP contribution in [0, 0.1) is 6.92 Å². The van der Waals surface area contributed by atoms with E-state index in [2.05, 4.69) is 5.32 Å². The fourth-order valence-electron chi connectivity index (χ4n) is 7.72. The zero-order valence-corrected chi connectivity index (χ0v) is 36.5. The molecule has 0 radical (unpaired) electrons. The average Bonchev–Trinajstić information content (AvgIpc) is 3.26. The Morgan fingerprint density at radius 3 is 0.931 bits per heavy atom. The zero-order chi connectivity index (χ0) is 53.5. The smallest absolute Gasteiger partial charge is 0.411 e. The molecule has 0 saturated carbocycles. The van der Waals surface area contributed by atoms with Gasteiger partial charge in [-0.3, -0.25) is 19.2 Å². The summed E-state index contributed by atoms with van der Waals surface area (Å²) in [4.78, 5) is 51.5. The van der Waals surface area contributed by atoms with E-state index in [1.165, 1.54) is 24.3 Å². The zero-order valence-electron chi connectivity index (χ0n) is 36.5. The summed E-state index contributed by atoms with van der Waals surface area (Å²) in [6.45, 7) is 2.53. The van der Waals surface area contributed by atoms with Gasteiger partial charge < -0.3 is 41.7 Å². The molecule has 6 aromatic rings. The number of phenols is 4. The van der Waals surface area contributed by atoms with E-state index >= 15 is 26.3 Å². The quantitative estimate of drug-likeness (QED) is 0.0463. The summed E-state index contributed by atoms with van der Waals surface area (Å²) in [6, 6.07) is 12.7. The minimum Gasteiger partial charge on any atom is -0.506 e. The first-order valence-corrected chi connectivity index (χ1v) is 20.3. The van der Waals surface area contributed by atoms with Crippen molar-refractivity contribution in [3.05, 3.63) is 166 Å². The van der Waals surface area contributed by atoms with Gasteiger partial charge in [0.1, 0.15) is 23.0 Å². The Morgan fingerprint density at radius 1 is 0.375 bits per heavy atom. The number of amides is 4. The van der Waals surface area contributed by atoms with Crippen LogP contribution in [-0.2, 0) is 15.6 Å². The molecule has 0 aliphatic heterocycles. The van der Waals surface area contributed by atoms with Gasteiger partial charge in [0.05, 0.1) is 22.7 Å². The van der Waals surface area contributed by atoms with E-state index in [9.17, 15) is 65.9 Å². The van der Waals surface area contributed by atoms with Crippen LogP contribution in [0.3, 0.4) is 0 Å². The Labute approximate surface area is 397 Å². The van der Waals surface area contributed by atoms with Crippen molar-refractivity contribution >= 4 is 46.4 Å². The number of nitrogens with one attached hydrogen (secondary N) is 4. The molecular weight excluding hydrogens is 989 g/mol. The third-order valence-electron chi connectivity index (χ3n) is 11.2. The van der Waals surface area contributed by atoms with Crippen molar-refractivity contribution in [3.63, 3.8) is 0 Å². The van der Waals surface area contributed by atoms with Gasteiger partial charge in [-0.15, -0.1) is 0 Å². The number of hydrogen-bond donors (Lipinski definition) is 8. The lowest BCUT2D eigenvalue weighted by Gasteiger charge is -2.38. The Balaban J connectivity index is 1.34. The van der Waals surface area contributed by atoms with Crippen molar-refractivity contribution in [2.45, 2.75) is 49.4 Å². The number of carbonyl (C=O) groups is 4. The maximum absolute atomic E-state index is 15.2. The molecule has 0 heterocycles. The molecule has 0 aromatic heterocycles. The topological polar surface area (TPSA) is 197 Å². The van der Waals surface area contributed by atoms with Crippen LogP contribution in [0.25, 0.3) is 0 Å². The van der Waals surface area contributed by atoms with Gasteiger partial charge in [-0.1, -0.05) is 48.0 Å². The molecule has 0 fully saturated rings. The number of carbonyl (C=O) groups excluding carboxylic acids is 4. The van der Waals surface area contributed by atoms with E-state index < -0.39 is 138 Å². The lowest BCUT2D eigenvalue weighted by molar-refractivity contribution is -0.290. The normalized spacial score (nSPS) is 12.5. The average molecular weight is 1020 g/mol. The standard InChI is InChI=1S/C48H34F12N4O8/c1-23-6-8-25(9-7-23)40(70)62-33-20-29(11-15-37(33)67)44(47(55,56)57,48(58,59)60)31-13-17-39(69)35(22-31)64-42(72)27-5-3-4-26(18-27)41(71)63-34-21-30(12-16-38(34)68)43(45(49,50)51,46(52,53)54)28-10-14-36(66)32(19-28)61-24(2)65/h3-22,66-69H,1-2H3,(H,61,65)(H,62,70)(H,63,71)(H,64,72). The first kappa shape index (κ1) is 52.9. The number of aromatic hydroxyl groups is 4. The second-order valence-electron chi connectivity index (χ2n) is 15.9. The highest BCUT2D eigenvalue weighted by atomic mass is 19.4. The largest absolute Gasteiger partial charge is 0.506 e. The first-order chi connectivity index (χ1) is 33.3. The molecule has 0 atom stereocenters. The van der Waals surface area contributed by atoms with Gasteiger partial charge in [-0.25, -0.2) is 0 Å². The maximum Gasteiger partial charge on any atom is 0.411 e. The number of anilines is 4. The van der Waals surface area contributed by atoms with Crippen LogP contribution in [0.1, 0.15) is 65.8 Å². The number of rotatable bonds is 11. The van der Waals surface area contributed by atoms with E-state index in [1.54, 1.807) is 6.92 Å². The Bertz CT molecular complexity index is 3070. The number of phenolic OH excluding ortho intramolecular Hbond substituents is 4. The molecule has 0 spiro atoms. The molecule has 6 rings (SSSR count). The molecule has 0 aliphatic carbocycles. The fourth-order valence-corrected chi connectivity index (χ4v) is 7.72. The number of alkyl halides is 12. The number of halogens is 12. The number of benzene rings is 6. The number of aryl methyl sites for hydroxylation is 1. The summed E-state index contributed by atoms with van der Waals surface area (Å²) < 4.78 is 181. The summed E-state index contributed by atoms with van der Waals surface area (Å²) in [7, 11) is 0. The van der Waals surface area contributed by atoms with Crippen molar-refractivity contribution < 1.29 is 92.3 Å². The van der Waals surface area contributed by atoms with Crippen LogP contribution in [-0.4, -0.2) is 68.8 Å². The van der Waals surface area contributed by atoms with Gasteiger partial charge >= 0.3 is 24.7 Å². The van der Waals surface area contributed by atoms with Crippen molar-refractivity contribution in [1.29, 1.82) is 0 Å². The summed E-state index contributed by atoms with van der Waals surface area (Å²) in [5.41, 5.74) is -20.8. The van der Waals surface area contributed by atoms with Crippen molar-refractivity contribution in [2.24, 2.45) is 0 Å². The molecule has 0 bridgehead atoms. The van der Waals surface area contributed by atoms with E-state index in [-0.39, 0.29) is 48.0 Å². The third kappa shape index (κ3) is 9.83. The molecule has 0 aliphatic rings. The SMILES string of the molecule is CC(=O)Nc1cc(C(c2ccc(O)c(NC(=O)c3cccc(C(=O)Nc4cc(C(c5ccc(O)c(NC(=O)c6ccc(C)cc6)c5)(C(F)(F)F)C(F)(F)F)ccc4O)c3)c2)(C(F)(F)F)C(F)(F)F)ccc1O. The molecule has 0 saturated heterocycles. The molecule has 24 heteroatoms. The molecule has 8 N–H and O–H groups in total. The highest BCUT2D eigenvalue weighted by molar-refractivity contribution is 6.09. The van der Waals surface area contributed by atoms with E-state index in [0.29, 0.717) is 42.0 Å². The maximum atomic E-state index is 15.2. The van der Waals surface area contributed by atoms with Gasteiger partial charge in [0.15, 0.2) is 0 Å². The van der Waals surface area contributed by atoms with Crippen molar-refractivity contribution in [1.82, 2.24) is 0 Å². The molecule has 12 nitrogen and oxygen atoms in total. The molecule has 6 aromatic carbocycles. The van der Waals surface area contributed by atoms with Gasteiger partial charge in [-0.2, -0.15) is 52.7 Å². The minimum absolute atomic E-state index is 0.0775. The summed E-state index contributed by atoms with van der Waals surface area (Å²) in [6.07, 6.45) is -25.1. The second kappa shape index (κ2) is 19.0. The third-order valence-corrected chi connectivity index (χ3v) is 11.2. The van der Waals surface area contributed by atoms with Crippen LogP contribution < -0.4 is 21.3 Å². The first-order valence-electron chi connectivity index (χ1n) is 20.3. The van der Waals surface area contributed by atoms with Crippen LogP contribution >= 0.6 is 0 Å². The van der Waals surface area contributed by atoms with Gasteiger partial charge in [0, 0.05) is 23.6 Å². The van der Waals surface area contributed by atoms with Crippen LogP contribution in [0.15, 0.2) is 121 Å². The fraction of sp³-hybridized carbons (Fsp3) is 0.167. The van der Waals surface area contributed by atoms with Crippen LogP contribution in [0.2, 0.25) is 0 Å². The molecular formula is C48H34F12N4O8. The Morgan fingerprint density at radius 2 is 0.653 bits per heavy atom. The van der Waals surface area contributed by atoms with Gasteiger partial charge in [0.2, 0.25) is 16.7 Å². The Kier molecular flexibility index (Phi) is 14.0. The van der Waals surface area contributed by atoms with Gasteiger partial charge in [-0.05, 0) is 108 Å². The highest BCUT2D eigenvalue weighted by Crippen LogP contribution is 2.59. The van der Waals surface area contributed by atoms with Crippen molar-refractivity contribution in [2.75, 3.05) is 21.3 Å². The molecule has 0 unspecified atom stereocenters. The summed E-state index contributed by atoms with van der Waals surface area (Å²) >= 11 is 0. The monoisotopic (exact) mass is 1020 g/mol. The van der Waals surface area contributed by atoms with Crippen molar-refractivity contribution in [3.8, 4) is 23.0 Å². The predicted molar refractivity (Wildman–Crippen MR) is 234 cm³/mol. The van der Waals surface area contributed by atoms with E-state index in [4.69, 9.17) is 0 Å². The van der Waals surface area contributed by atoms with Crippen LogP contribution in [0.5, 0.6) is 23.0 Å². The van der Waals surface area contributed by atoms with Gasteiger partial charge in [0.25, 0.3) is 17.7 Å². The summed E-state index contributed by atoms with van der Waals surface area (Å²) in [5.74, 6) is -8.81. The lowest BCUT2D eigenvalue weighted by atomic mass is 9.72. The summed E-state index contributed by atoms with van der Waals surface area (Å²) in [5, 5.41) is 49.5. The highest BCUT2D eigenvalue weighted by Gasteiger charge is 2.74. The molecule has 4 amide bonds. The van der Waals surface area contributed by atoms with Crippen LogP contribution in [0.4, 0.5) is 75.4 Å². The predicted octanol–water partition coefficient (Wildman–Crippen LogP) is 11.4.